The maximum absolute atomic E-state index is 13.4. The third kappa shape index (κ3) is 3.27. The predicted molar refractivity (Wildman–Crippen MR) is 114 cm³/mol. The molecule has 1 amide bonds. The van der Waals surface area contributed by atoms with Gasteiger partial charge in [0.05, 0.1) is 17.3 Å². The van der Waals surface area contributed by atoms with E-state index in [4.69, 9.17) is 0 Å². The number of hydrogen-bond acceptors (Lipinski definition) is 3. The first-order valence-corrected chi connectivity index (χ1v) is 9.84. The Bertz CT molecular complexity index is 1160. The Morgan fingerprint density at radius 2 is 1.76 bits per heavy atom. The maximum atomic E-state index is 13.4. The Balaban J connectivity index is 1.83. The maximum Gasteiger partial charge on any atom is 0.226 e. The van der Waals surface area contributed by atoms with Gasteiger partial charge in [0.25, 0.3) is 0 Å². The van der Waals surface area contributed by atoms with Gasteiger partial charge in [0.15, 0.2) is 5.78 Å². The molecule has 0 radical (unpaired) electrons. The van der Waals surface area contributed by atoms with Crippen LogP contribution in [0.3, 0.4) is 0 Å². The number of anilines is 1. The molecule has 1 aromatic heterocycles. The summed E-state index contributed by atoms with van der Waals surface area (Å²) in [5.74, 6) is -0.113. The smallest absolute Gasteiger partial charge is 0.226 e. The minimum Gasteiger partial charge on any atom is -0.310 e. The largest absolute Gasteiger partial charge is 0.310 e. The topological polar surface area (TPSA) is 64.0 Å². The molecule has 0 bridgehead atoms. The van der Waals surface area contributed by atoms with Crippen LogP contribution in [-0.2, 0) is 4.79 Å². The lowest BCUT2D eigenvalue weighted by molar-refractivity contribution is -0.116. The second-order valence-corrected chi connectivity index (χ2v) is 8.02. The van der Waals surface area contributed by atoms with Gasteiger partial charge in [-0.2, -0.15) is 5.10 Å². The number of nitrogens with one attached hydrogen (secondary N) is 1. The second kappa shape index (κ2) is 6.99. The molecule has 1 N–H and O–H groups in total. The first-order chi connectivity index (χ1) is 13.8. The molecule has 1 aliphatic heterocycles. The van der Waals surface area contributed by atoms with Crippen molar-refractivity contribution < 1.29 is 9.59 Å². The Morgan fingerprint density at radius 1 is 1.00 bits per heavy atom. The highest BCUT2D eigenvalue weighted by Crippen LogP contribution is 2.38. The van der Waals surface area contributed by atoms with Crippen molar-refractivity contribution in [2.45, 2.75) is 47.0 Å². The molecule has 5 heteroatoms. The van der Waals surface area contributed by atoms with E-state index in [9.17, 15) is 9.59 Å². The number of rotatable bonds is 3. The van der Waals surface area contributed by atoms with E-state index in [0.717, 1.165) is 33.6 Å². The fourth-order valence-corrected chi connectivity index (χ4v) is 4.09. The Hall–Kier alpha value is -3.21. The summed E-state index contributed by atoms with van der Waals surface area (Å²) < 4.78 is 1.75. The Morgan fingerprint density at radius 3 is 2.45 bits per heavy atom. The van der Waals surface area contributed by atoms with E-state index in [1.165, 1.54) is 5.56 Å². The summed E-state index contributed by atoms with van der Waals surface area (Å²) in [4.78, 5) is 25.9. The number of aromatic nitrogens is 2. The van der Waals surface area contributed by atoms with Gasteiger partial charge in [0.1, 0.15) is 5.82 Å². The second-order valence-electron chi connectivity index (χ2n) is 8.02. The van der Waals surface area contributed by atoms with Crippen LogP contribution in [0.4, 0.5) is 5.82 Å². The van der Waals surface area contributed by atoms with E-state index in [1.807, 2.05) is 64.1 Å². The highest BCUT2D eigenvalue weighted by Gasteiger charge is 2.36. The average Bonchev–Trinajstić information content (AvgIpc) is 2.99. The standard InChI is InChI=1S/C24H25N3O2/c1-13-6-9-19(16(4)10-13)23(29)20-12-21(28)25-24-22(20)17(5)26-27(24)18-8-7-14(2)15(3)11-18/h6-11,20H,12H2,1-5H3,(H,25,28). The van der Waals surface area contributed by atoms with Crippen molar-refractivity contribution in [3.8, 4) is 5.69 Å². The fourth-order valence-electron chi connectivity index (χ4n) is 4.09. The van der Waals surface area contributed by atoms with Crippen LogP contribution in [0.2, 0.25) is 0 Å². The van der Waals surface area contributed by atoms with Crippen molar-refractivity contribution in [3.63, 3.8) is 0 Å². The molecule has 0 spiro atoms. The van der Waals surface area contributed by atoms with Crippen molar-refractivity contribution in [3.05, 3.63) is 75.5 Å². The molecule has 1 aliphatic rings. The number of nitrogens with zero attached hydrogens (tertiary/aromatic N) is 2. The molecular weight excluding hydrogens is 362 g/mol. The molecule has 1 atom stereocenters. The minimum atomic E-state index is -0.527. The van der Waals surface area contributed by atoms with Crippen molar-refractivity contribution >= 4 is 17.5 Å². The third-order valence-electron chi connectivity index (χ3n) is 5.80. The minimum absolute atomic E-state index is 0.0265. The number of hydrogen-bond donors (Lipinski definition) is 1. The van der Waals surface area contributed by atoms with Crippen molar-refractivity contribution in [1.29, 1.82) is 0 Å². The zero-order valence-corrected chi connectivity index (χ0v) is 17.5. The number of carbonyl (C=O) groups excluding carboxylic acids is 2. The van der Waals surface area contributed by atoms with Gasteiger partial charge in [0.2, 0.25) is 5.91 Å². The molecule has 2 aromatic carbocycles. The lowest BCUT2D eigenvalue weighted by Gasteiger charge is -2.24. The van der Waals surface area contributed by atoms with Crippen LogP contribution in [0, 0.1) is 34.6 Å². The molecule has 148 valence electrons. The first kappa shape index (κ1) is 19.1. The van der Waals surface area contributed by atoms with Gasteiger partial charge in [-0.1, -0.05) is 29.8 Å². The number of amides is 1. The van der Waals surface area contributed by atoms with Crippen molar-refractivity contribution in [2.24, 2.45) is 0 Å². The summed E-state index contributed by atoms with van der Waals surface area (Å²) in [7, 11) is 0. The van der Waals surface area contributed by atoms with Crippen molar-refractivity contribution in [1.82, 2.24) is 9.78 Å². The van der Waals surface area contributed by atoms with Crippen molar-refractivity contribution in [2.75, 3.05) is 5.32 Å². The van der Waals surface area contributed by atoms with Crippen LogP contribution in [0.5, 0.6) is 0 Å². The van der Waals surface area contributed by atoms with Crippen LogP contribution in [0.1, 0.15) is 56.2 Å². The van der Waals surface area contributed by atoms with Gasteiger partial charge in [-0.05, 0) is 63.4 Å². The van der Waals surface area contributed by atoms with E-state index in [2.05, 4.69) is 17.3 Å². The average molecular weight is 387 g/mol. The van der Waals surface area contributed by atoms with Gasteiger partial charge in [0, 0.05) is 17.5 Å². The third-order valence-corrected chi connectivity index (χ3v) is 5.80. The van der Waals surface area contributed by atoms with Gasteiger partial charge in [-0.25, -0.2) is 4.68 Å². The van der Waals surface area contributed by atoms with Crippen LogP contribution in [-0.4, -0.2) is 21.5 Å². The summed E-state index contributed by atoms with van der Waals surface area (Å²) in [5, 5.41) is 7.63. The lowest BCUT2D eigenvalue weighted by atomic mass is 9.84. The number of carbonyl (C=O) groups is 2. The monoisotopic (exact) mass is 387 g/mol. The number of benzene rings is 2. The molecule has 3 aromatic rings. The molecule has 29 heavy (non-hydrogen) atoms. The van der Waals surface area contributed by atoms with Crippen LogP contribution in [0.15, 0.2) is 36.4 Å². The molecule has 1 unspecified atom stereocenters. The Labute approximate surface area is 170 Å². The SMILES string of the molecule is Cc1ccc(C(=O)C2CC(=O)Nc3c2c(C)nn3-c2ccc(C)c(C)c2)c(C)c1. The van der Waals surface area contributed by atoms with Gasteiger partial charge < -0.3 is 5.32 Å². The zero-order valence-electron chi connectivity index (χ0n) is 17.5. The normalized spacial score (nSPS) is 15.8. The summed E-state index contributed by atoms with van der Waals surface area (Å²) in [5.41, 5.74) is 7.50. The lowest BCUT2D eigenvalue weighted by Crippen LogP contribution is -2.28. The summed E-state index contributed by atoms with van der Waals surface area (Å²) >= 11 is 0. The van der Waals surface area contributed by atoms with Gasteiger partial charge in [-0.15, -0.1) is 0 Å². The van der Waals surface area contributed by atoms with E-state index < -0.39 is 5.92 Å². The molecule has 2 heterocycles. The Kier molecular flexibility index (Phi) is 4.61. The van der Waals surface area contributed by atoms with E-state index >= 15 is 0 Å². The quantitative estimate of drug-likeness (QED) is 0.661. The summed E-state index contributed by atoms with van der Waals surface area (Å²) in [6, 6.07) is 11.9. The summed E-state index contributed by atoms with van der Waals surface area (Å²) in [6.45, 7) is 9.95. The first-order valence-electron chi connectivity index (χ1n) is 9.84. The highest BCUT2D eigenvalue weighted by atomic mass is 16.2. The molecular formula is C24H25N3O2. The summed E-state index contributed by atoms with van der Waals surface area (Å²) in [6.07, 6.45) is 0.138. The molecule has 4 rings (SSSR count). The number of Topliss-reactive ketones (excluding diaryl/α,β-unsaturated/α-hetero) is 1. The van der Waals surface area contributed by atoms with Crippen LogP contribution in [0.25, 0.3) is 5.69 Å². The molecule has 0 saturated carbocycles. The molecule has 0 fully saturated rings. The highest BCUT2D eigenvalue weighted by molar-refractivity contribution is 6.08. The van der Waals surface area contributed by atoms with Gasteiger partial charge in [-0.3, -0.25) is 9.59 Å². The van der Waals surface area contributed by atoms with E-state index in [1.54, 1.807) is 4.68 Å². The van der Waals surface area contributed by atoms with Crippen LogP contribution < -0.4 is 5.32 Å². The van der Waals surface area contributed by atoms with Gasteiger partial charge >= 0.3 is 0 Å². The number of aryl methyl sites for hydroxylation is 5. The molecule has 0 aliphatic carbocycles. The number of fused-ring (bicyclic) bond motifs is 1. The van der Waals surface area contributed by atoms with E-state index in [0.29, 0.717) is 11.4 Å². The fraction of sp³-hybridized carbons (Fsp3) is 0.292. The predicted octanol–water partition coefficient (Wildman–Crippen LogP) is 4.72. The van der Waals surface area contributed by atoms with Crippen LogP contribution >= 0.6 is 0 Å². The zero-order chi connectivity index (χ0) is 20.9. The molecule has 5 nitrogen and oxygen atoms in total. The van der Waals surface area contributed by atoms with E-state index in [-0.39, 0.29) is 18.1 Å². The molecule has 0 saturated heterocycles. The number of ketones is 1.